The SMILES string of the molecule is O=S1(=O)CCCC(c2nc3n(n2)CCC(O)C3)C1. The van der Waals surface area contributed by atoms with Gasteiger partial charge in [-0.25, -0.2) is 18.1 Å². The van der Waals surface area contributed by atoms with Crippen molar-refractivity contribution in [3.8, 4) is 0 Å². The molecule has 0 amide bonds. The minimum Gasteiger partial charge on any atom is -0.393 e. The van der Waals surface area contributed by atoms with Crippen LogP contribution in [0, 0.1) is 0 Å². The highest BCUT2D eigenvalue weighted by molar-refractivity contribution is 7.91. The van der Waals surface area contributed by atoms with E-state index in [9.17, 15) is 13.5 Å². The van der Waals surface area contributed by atoms with Crippen LogP contribution in [0.3, 0.4) is 0 Å². The van der Waals surface area contributed by atoms with Crippen LogP contribution in [0.4, 0.5) is 0 Å². The second-order valence-corrected chi connectivity index (χ2v) is 7.44. The summed E-state index contributed by atoms with van der Waals surface area (Å²) in [4.78, 5) is 4.42. The van der Waals surface area contributed by atoms with Crippen molar-refractivity contribution in [1.29, 1.82) is 0 Å². The summed E-state index contributed by atoms with van der Waals surface area (Å²) in [5, 5.41) is 14.0. The van der Waals surface area contributed by atoms with E-state index in [1.807, 2.05) is 4.68 Å². The Morgan fingerprint density at radius 2 is 2.17 bits per heavy atom. The van der Waals surface area contributed by atoms with Crippen molar-refractivity contribution in [2.24, 2.45) is 0 Å². The maximum Gasteiger partial charge on any atom is 0.155 e. The molecule has 1 N–H and O–H groups in total. The molecule has 6 nitrogen and oxygen atoms in total. The second kappa shape index (κ2) is 4.31. The number of hydrogen-bond donors (Lipinski definition) is 1. The smallest absolute Gasteiger partial charge is 0.155 e. The molecule has 1 saturated heterocycles. The normalized spacial score (nSPS) is 30.9. The van der Waals surface area contributed by atoms with Gasteiger partial charge in [-0.1, -0.05) is 0 Å². The van der Waals surface area contributed by atoms with Crippen molar-refractivity contribution in [3.63, 3.8) is 0 Å². The molecule has 7 heteroatoms. The zero-order chi connectivity index (χ0) is 12.8. The molecule has 2 aliphatic heterocycles. The third-order valence-electron chi connectivity index (χ3n) is 3.69. The summed E-state index contributed by atoms with van der Waals surface area (Å²) in [6.07, 6.45) is 2.40. The van der Waals surface area contributed by atoms with Crippen molar-refractivity contribution in [3.05, 3.63) is 11.6 Å². The van der Waals surface area contributed by atoms with Crippen LogP contribution >= 0.6 is 0 Å². The van der Waals surface area contributed by atoms with E-state index in [0.29, 0.717) is 31.6 Å². The fraction of sp³-hybridized carbons (Fsp3) is 0.818. The van der Waals surface area contributed by atoms with Gasteiger partial charge in [0, 0.05) is 18.9 Å². The topological polar surface area (TPSA) is 85.1 Å². The van der Waals surface area contributed by atoms with E-state index in [1.54, 1.807) is 0 Å². The van der Waals surface area contributed by atoms with Gasteiger partial charge in [-0.15, -0.1) is 0 Å². The summed E-state index contributed by atoms with van der Waals surface area (Å²) >= 11 is 0. The lowest BCUT2D eigenvalue weighted by molar-refractivity contribution is 0.138. The number of aryl methyl sites for hydroxylation is 1. The van der Waals surface area contributed by atoms with Gasteiger partial charge < -0.3 is 5.11 Å². The molecule has 100 valence electrons. The first kappa shape index (κ1) is 12.1. The van der Waals surface area contributed by atoms with Gasteiger partial charge in [0.2, 0.25) is 0 Å². The first-order valence-corrected chi connectivity index (χ1v) is 8.18. The van der Waals surface area contributed by atoms with E-state index < -0.39 is 9.84 Å². The Hall–Kier alpha value is -0.950. The summed E-state index contributed by atoms with van der Waals surface area (Å²) in [6.45, 7) is 0.670. The zero-order valence-electron chi connectivity index (χ0n) is 10.1. The van der Waals surface area contributed by atoms with Gasteiger partial charge in [-0.05, 0) is 19.3 Å². The van der Waals surface area contributed by atoms with E-state index in [4.69, 9.17) is 0 Å². The lowest BCUT2D eigenvalue weighted by Gasteiger charge is -2.18. The van der Waals surface area contributed by atoms with E-state index in [-0.39, 0.29) is 23.5 Å². The Kier molecular flexibility index (Phi) is 2.90. The summed E-state index contributed by atoms with van der Waals surface area (Å²) in [7, 11) is -2.93. The highest BCUT2D eigenvalue weighted by Crippen LogP contribution is 2.27. The lowest BCUT2D eigenvalue weighted by Crippen LogP contribution is -2.24. The number of aliphatic hydroxyl groups excluding tert-OH is 1. The second-order valence-electron chi connectivity index (χ2n) is 5.21. The van der Waals surface area contributed by atoms with E-state index in [2.05, 4.69) is 10.1 Å². The van der Waals surface area contributed by atoms with Gasteiger partial charge in [0.15, 0.2) is 15.7 Å². The molecule has 18 heavy (non-hydrogen) atoms. The van der Waals surface area contributed by atoms with Crippen molar-refractivity contribution in [1.82, 2.24) is 14.8 Å². The third-order valence-corrected chi connectivity index (χ3v) is 5.51. The molecule has 2 atom stereocenters. The fourth-order valence-electron chi connectivity index (χ4n) is 2.71. The van der Waals surface area contributed by atoms with Gasteiger partial charge in [-0.2, -0.15) is 5.10 Å². The van der Waals surface area contributed by atoms with Gasteiger partial charge in [0.25, 0.3) is 0 Å². The predicted molar refractivity (Wildman–Crippen MR) is 65.0 cm³/mol. The van der Waals surface area contributed by atoms with E-state index in [1.165, 1.54) is 0 Å². The van der Waals surface area contributed by atoms with Gasteiger partial charge in [0.1, 0.15) is 5.82 Å². The largest absolute Gasteiger partial charge is 0.393 e. The number of fused-ring (bicyclic) bond motifs is 1. The van der Waals surface area contributed by atoms with Crippen molar-refractivity contribution < 1.29 is 13.5 Å². The predicted octanol–water partition coefficient (Wildman–Crippen LogP) is -0.123. The molecule has 2 aliphatic rings. The van der Waals surface area contributed by atoms with Crippen molar-refractivity contribution in [2.75, 3.05) is 11.5 Å². The molecule has 3 heterocycles. The van der Waals surface area contributed by atoms with Crippen LogP contribution < -0.4 is 0 Å². The number of aromatic nitrogens is 3. The molecule has 3 rings (SSSR count). The number of nitrogens with zero attached hydrogens (tertiary/aromatic N) is 3. The summed E-state index contributed by atoms with van der Waals surface area (Å²) in [5.41, 5.74) is 0. The molecule has 0 aromatic carbocycles. The van der Waals surface area contributed by atoms with Crippen LogP contribution in [0.5, 0.6) is 0 Å². The van der Waals surface area contributed by atoms with E-state index in [0.717, 1.165) is 12.2 Å². The van der Waals surface area contributed by atoms with Gasteiger partial charge in [0.05, 0.1) is 17.6 Å². The average Bonchev–Trinajstić information content (AvgIpc) is 2.70. The Labute approximate surface area is 106 Å². The first-order valence-electron chi connectivity index (χ1n) is 6.35. The number of sulfone groups is 1. The standard InChI is InChI=1S/C11H17N3O3S/c15-9-3-4-14-10(6-9)12-11(13-14)8-2-1-5-18(16,17)7-8/h8-9,15H,1-7H2. The summed E-state index contributed by atoms with van der Waals surface area (Å²) in [6, 6.07) is 0. The minimum atomic E-state index is -2.93. The van der Waals surface area contributed by atoms with Crippen molar-refractivity contribution in [2.45, 2.75) is 44.2 Å². The molecular weight excluding hydrogens is 254 g/mol. The fourth-order valence-corrected chi connectivity index (χ4v) is 4.41. The average molecular weight is 271 g/mol. The Morgan fingerprint density at radius 3 is 2.94 bits per heavy atom. The Bertz CT molecular complexity index is 552. The van der Waals surface area contributed by atoms with E-state index >= 15 is 0 Å². The van der Waals surface area contributed by atoms with Crippen LogP contribution in [0.15, 0.2) is 0 Å². The molecule has 0 aliphatic carbocycles. The van der Waals surface area contributed by atoms with Crippen LogP contribution in [-0.2, 0) is 22.8 Å². The van der Waals surface area contributed by atoms with Crippen LogP contribution in [-0.4, -0.2) is 45.9 Å². The minimum absolute atomic E-state index is 0.0704. The molecule has 2 unspecified atom stereocenters. The number of aliphatic hydroxyl groups is 1. The molecule has 0 radical (unpaired) electrons. The molecular formula is C11H17N3O3S. The van der Waals surface area contributed by atoms with Crippen molar-refractivity contribution >= 4 is 9.84 Å². The van der Waals surface area contributed by atoms with Gasteiger partial charge in [-0.3, -0.25) is 0 Å². The first-order chi connectivity index (χ1) is 8.53. The Balaban J connectivity index is 1.85. The molecule has 1 aromatic heterocycles. The summed E-state index contributed by atoms with van der Waals surface area (Å²) < 4.78 is 25.1. The number of rotatable bonds is 1. The Morgan fingerprint density at radius 1 is 1.33 bits per heavy atom. The molecule has 1 aromatic rings. The summed E-state index contributed by atoms with van der Waals surface area (Å²) in [5.74, 6) is 1.81. The quantitative estimate of drug-likeness (QED) is 0.769. The molecule has 1 fully saturated rings. The maximum absolute atomic E-state index is 11.6. The van der Waals surface area contributed by atoms with Crippen LogP contribution in [0.25, 0.3) is 0 Å². The lowest BCUT2D eigenvalue weighted by atomic mass is 10.1. The highest BCUT2D eigenvalue weighted by atomic mass is 32.2. The highest BCUT2D eigenvalue weighted by Gasteiger charge is 2.30. The number of hydrogen-bond acceptors (Lipinski definition) is 5. The zero-order valence-corrected chi connectivity index (χ0v) is 10.9. The van der Waals surface area contributed by atoms with Crippen LogP contribution in [0.2, 0.25) is 0 Å². The maximum atomic E-state index is 11.6. The monoisotopic (exact) mass is 271 g/mol. The molecule has 0 bridgehead atoms. The molecule has 0 saturated carbocycles. The third kappa shape index (κ3) is 2.29. The van der Waals surface area contributed by atoms with Gasteiger partial charge >= 0.3 is 0 Å². The molecule has 0 spiro atoms. The van der Waals surface area contributed by atoms with Crippen LogP contribution in [0.1, 0.15) is 36.8 Å².